The van der Waals surface area contributed by atoms with E-state index in [0.717, 1.165) is 24.3 Å². The van der Waals surface area contributed by atoms with Crippen molar-refractivity contribution >= 4 is 17.6 Å². The number of nitrogens with one attached hydrogen (secondary N) is 2. The largest absolute Gasteiger partial charge is 0.345 e. The number of carbonyl (C=O) groups excluding carboxylic acids is 2. The summed E-state index contributed by atoms with van der Waals surface area (Å²) >= 11 is 0. The van der Waals surface area contributed by atoms with Gasteiger partial charge in [0.2, 0.25) is 0 Å². The van der Waals surface area contributed by atoms with Gasteiger partial charge in [-0.15, -0.1) is 0 Å². The van der Waals surface area contributed by atoms with E-state index in [1.165, 1.54) is 24.2 Å². The summed E-state index contributed by atoms with van der Waals surface area (Å²) in [7, 11) is 3.42. The van der Waals surface area contributed by atoms with Crippen LogP contribution in [-0.2, 0) is 0 Å². The van der Waals surface area contributed by atoms with Crippen LogP contribution in [0, 0.1) is 12.8 Å². The minimum absolute atomic E-state index is 0.0788. The van der Waals surface area contributed by atoms with E-state index in [-0.39, 0.29) is 11.9 Å². The summed E-state index contributed by atoms with van der Waals surface area (Å²) in [4.78, 5) is 25.6. The van der Waals surface area contributed by atoms with Crippen LogP contribution in [0.3, 0.4) is 0 Å². The third-order valence-electron chi connectivity index (χ3n) is 4.13. The van der Waals surface area contributed by atoms with Gasteiger partial charge in [-0.1, -0.05) is 45.6 Å². The number of unbranched alkanes of at least 4 members (excludes halogenated alkanes) is 3. The maximum Gasteiger partial charge on any atom is 0.319 e. The van der Waals surface area contributed by atoms with E-state index in [4.69, 9.17) is 0 Å². The van der Waals surface area contributed by atoms with Crippen LogP contribution >= 0.6 is 0 Å². The van der Waals surface area contributed by atoms with E-state index in [2.05, 4.69) is 24.5 Å². The van der Waals surface area contributed by atoms with Crippen molar-refractivity contribution in [3.8, 4) is 0 Å². The lowest BCUT2D eigenvalue weighted by molar-refractivity contribution is 0.0827. The predicted molar refractivity (Wildman–Crippen MR) is 104 cm³/mol. The Hall–Kier alpha value is -2.04. The molecule has 0 aliphatic carbocycles. The average molecular weight is 348 g/mol. The topological polar surface area (TPSA) is 61.4 Å². The van der Waals surface area contributed by atoms with Crippen molar-refractivity contribution in [1.29, 1.82) is 0 Å². The van der Waals surface area contributed by atoms with Crippen LogP contribution < -0.4 is 10.6 Å². The summed E-state index contributed by atoms with van der Waals surface area (Å²) in [6.45, 7) is 7.07. The molecule has 0 bridgehead atoms. The molecule has 5 nitrogen and oxygen atoms in total. The Bertz CT molecular complexity index is 568. The fourth-order valence-electron chi connectivity index (χ4n) is 2.55. The number of amides is 3. The van der Waals surface area contributed by atoms with Crippen molar-refractivity contribution in [3.63, 3.8) is 0 Å². The molecule has 0 unspecified atom stereocenters. The quantitative estimate of drug-likeness (QED) is 0.649. The van der Waals surface area contributed by atoms with Crippen molar-refractivity contribution < 1.29 is 9.59 Å². The van der Waals surface area contributed by atoms with E-state index < -0.39 is 0 Å². The molecule has 0 atom stereocenters. The second-order valence-electron chi connectivity index (χ2n) is 7.21. The molecule has 0 radical (unpaired) electrons. The standard InChI is InChI=1S/C20H33N3O2/c1-15(2)10-8-6-7-9-13-21-20(25)22-18-14-17(12-11-16(18)3)19(24)23(4)5/h11-12,14-15H,6-10,13H2,1-5H3,(H2,21,22,25). The van der Waals surface area contributed by atoms with Crippen LogP contribution in [0.2, 0.25) is 0 Å². The average Bonchev–Trinajstić information content (AvgIpc) is 2.55. The first-order valence-electron chi connectivity index (χ1n) is 9.18. The van der Waals surface area contributed by atoms with Gasteiger partial charge in [0.05, 0.1) is 0 Å². The van der Waals surface area contributed by atoms with E-state index in [1.807, 2.05) is 13.0 Å². The third kappa shape index (κ3) is 8.05. The molecule has 5 heteroatoms. The molecule has 25 heavy (non-hydrogen) atoms. The summed E-state index contributed by atoms with van der Waals surface area (Å²) in [6, 6.07) is 5.13. The number of benzene rings is 1. The summed E-state index contributed by atoms with van der Waals surface area (Å²) in [6.07, 6.45) is 5.88. The Morgan fingerprint density at radius 2 is 1.76 bits per heavy atom. The van der Waals surface area contributed by atoms with Gasteiger partial charge in [-0.2, -0.15) is 0 Å². The number of carbonyl (C=O) groups is 2. The second kappa shape index (κ2) is 10.7. The zero-order valence-electron chi connectivity index (χ0n) is 16.3. The van der Waals surface area contributed by atoms with Crippen molar-refractivity contribution in [2.45, 2.75) is 52.9 Å². The van der Waals surface area contributed by atoms with E-state index in [1.54, 1.807) is 26.2 Å². The minimum Gasteiger partial charge on any atom is -0.345 e. The van der Waals surface area contributed by atoms with Crippen molar-refractivity contribution in [3.05, 3.63) is 29.3 Å². The van der Waals surface area contributed by atoms with Crippen LogP contribution in [-0.4, -0.2) is 37.5 Å². The molecule has 2 N–H and O–H groups in total. The highest BCUT2D eigenvalue weighted by Crippen LogP contribution is 2.17. The summed E-state index contributed by atoms with van der Waals surface area (Å²) in [5, 5.41) is 5.72. The molecule has 0 saturated heterocycles. The number of rotatable bonds is 9. The number of hydrogen-bond acceptors (Lipinski definition) is 2. The van der Waals surface area contributed by atoms with Gasteiger partial charge in [0.15, 0.2) is 0 Å². The highest BCUT2D eigenvalue weighted by molar-refractivity contribution is 5.97. The normalized spacial score (nSPS) is 10.6. The van der Waals surface area contributed by atoms with Crippen molar-refractivity contribution in [1.82, 2.24) is 10.2 Å². The third-order valence-corrected chi connectivity index (χ3v) is 4.13. The lowest BCUT2D eigenvalue weighted by atomic mass is 10.0. The SMILES string of the molecule is Cc1ccc(C(=O)N(C)C)cc1NC(=O)NCCCCCCC(C)C. The Morgan fingerprint density at radius 1 is 1.08 bits per heavy atom. The molecule has 140 valence electrons. The Labute approximate surface area is 152 Å². The molecule has 0 aliphatic heterocycles. The first-order valence-corrected chi connectivity index (χ1v) is 9.18. The number of aryl methyl sites for hydroxylation is 1. The smallest absolute Gasteiger partial charge is 0.319 e. The van der Waals surface area contributed by atoms with Gasteiger partial charge in [0.25, 0.3) is 5.91 Å². The minimum atomic E-state index is -0.222. The molecular formula is C20H33N3O2. The number of hydrogen-bond donors (Lipinski definition) is 2. The van der Waals surface area contributed by atoms with Gasteiger partial charge in [0, 0.05) is 31.9 Å². The zero-order chi connectivity index (χ0) is 18.8. The summed E-state index contributed by atoms with van der Waals surface area (Å²) in [5.74, 6) is 0.687. The number of anilines is 1. The van der Waals surface area contributed by atoms with Crippen LogP contribution in [0.25, 0.3) is 0 Å². The fourth-order valence-corrected chi connectivity index (χ4v) is 2.55. The van der Waals surface area contributed by atoms with Crippen molar-refractivity contribution in [2.24, 2.45) is 5.92 Å². The van der Waals surface area contributed by atoms with Gasteiger partial charge in [0.1, 0.15) is 0 Å². The first-order chi connectivity index (χ1) is 11.8. The molecule has 1 rings (SSSR count). The molecular weight excluding hydrogens is 314 g/mol. The molecule has 1 aromatic carbocycles. The van der Waals surface area contributed by atoms with E-state index >= 15 is 0 Å². The second-order valence-corrected chi connectivity index (χ2v) is 7.21. The number of nitrogens with zero attached hydrogens (tertiary/aromatic N) is 1. The maximum absolute atomic E-state index is 12.0. The predicted octanol–water partition coefficient (Wildman–Crippen LogP) is 4.42. The van der Waals surface area contributed by atoms with Gasteiger partial charge in [-0.3, -0.25) is 4.79 Å². The Kier molecular flexibility index (Phi) is 9.03. The van der Waals surface area contributed by atoms with E-state index in [9.17, 15) is 9.59 Å². The molecule has 0 fully saturated rings. The number of urea groups is 1. The highest BCUT2D eigenvalue weighted by Gasteiger charge is 2.11. The molecule has 3 amide bonds. The molecule has 0 heterocycles. The zero-order valence-corrected chi connectivity index (χ0v) is 16.3. The highest BCUT2D eigenvalue weighted by atomic mass is 16.2. The van der Waals surface area contributed by atoms with E-state index in [0.29, 0.717) is 17.8 Å². The Balaban J connectivity index is 2.39. The Morgan fingerprint density at radius 3 is 2.40 bits per heavy atom. The maximum atomic E-state index is 12.0. The van der Waals surface area contributed by atoms with Crippen molar-refractivity contribution in [2.75, 3.05) is 26.0 Å². The van der Waals surface area contributed by atoms with Crippen LogP contribution in [0.4, 0.5) is 10.5 Å². The summed E-state index contributed by atoms with van der Waals surface area (Å²) in [5.41, 5.74) is 2.16. The first kappa shape index (κ1) is 21.0. The monoisotopic (exact) mass is 347 g/mol. The van der Waals surface area contributed by atoms with Gasteiger partial charge >= 0.3 is 6.03 Å². The van der Waals surface area contributed by atoms with Gasteiger partial charge in [-0.25, -0.2) is 4.79 Å². The van der Waals surface area contributed by atoms with Crippen LogP contribution in [0.1, 0.15) is 61.9 Å². The van der Waals surface area contributed by atoms with Crippen LogP contribution in [0.15, 0.2) is 18.2 Å². The lowest BCUT2D eigenvalue weighted by Crippen LogP contribution is -2.30. The molecule has 0 aromatic heterocycles. The van der Waals surface area contributed by atoms with Crippen LogP contribution in [0.5, 0.6) is 0 Å². The lowest BCUT2D eigenvalue weighted by Gasteiger charge is -2.14. The fraction of sp³-hybridized carbons (Fsp3) is 0.600. The molecule has 1 aromatic rings. The van der Waals surface area contributed by atoms with Gasteiger partial charge < -0.3 is 15.5 Å². The molecule has 0 aliphatic rings. The molecule has 0 saturated carbocycles. The van der Waals surface area contributed by atoms with Gasteiger partial charge in [-0.05, 0) is 37.0 Å². The molecule has 0 spiro atoms. The summed E-state index contributed by atoms with van der Waals surface area (Å²) < 4.78 is 0.